The zero-order valence-corrected chi connectivity index (χ0v) is 16.0. The van der Waals surface area contributed by atoms with Crippen LogP contribution in [0.4, 0.5) is 8.78 Å². The minimum atomic E-state index is -2.80. The molecule has 0 fully saturated rings. The van der Waals surface area contributed by atoms with Gasteiger partial charge in [-0.2, -0.15) is 0 Å². The number of halogens is 3. The monoisotopic (exact) mass is 407 g/mol. The number of nitrogens with one attached hydrogen (secondary N) is 1. The number of alkyl halides is 2. The lowest BCUT2D eigenvalue weighted by Crippen LogP contribution is -2.31. The molecule has 3 rings (SSSR count). The number of aromatic nitrogens is 3. The van der Waals surface area contributed by atoms with E-state index in [0.29, 0.717) is 22.4 Å². The number of H-pyrrole nitrogens is 1. The fraction of sp³-hybridized carbons (Fsp3) is 0.211. The normalized spacial score (nSPS) is 11.1. The van der Waals surface area contributed by atoms with Crippen molar-refractivity contribution in [3.05, 3.63) is 73.0 Å². The summed E-state index contributed by atoms with van der Waals surface area (Å²) in [6.45, 7) is 3.38. The molecule has 9 heteroatoms. The molecule has 0 aliphatic carbocycles. The van der Waals surface area contributed by atoms with Crippen molar-refractivity contribution in [3.8, 4) is 22.9 Å². The zero-order valence-electron chi connectivity index (χ0n) is 15.2. The maximum atomic E-state index is 13.2. The number of hydrogen-bond acceptors (Lipinski definition) is 4. The van der Waals surface area contributed by atoms with Crippen LogP contribution in [-0.4, -0.2) is 14.5 Å². The quantitative estimate of drug-likeness (QED) is 0.705. The van der Waals surface area contributed by atoms with Crippen LogP contribution in [0.5, 0.6) is 11.6 Å². The standard InChI is InChI=1S/C19H16ClF2N3O3/c1-9-6-12(28-18-14(16(21)22)7-11(20)8-23-18)4-5-13(9)15-10(2)17(26)24-19(27)25(15)3/h4-8,16H,1-3H3,(H,24,26,27). The largest absolute Gasteiger partial charge is 0.439 e. The van der Waals surface area contributed by atoms with Crippen molar-refractivity contribution in [1.82, 2.24) is 14.5 Å². The topological polar surface area (TPSA) is 77.0 Å². The molecule has 0 atom stereocenters. The minimum absolute atomic E-state index is 0.0832. The Hall–Kier alpha value is -3.00. The summed E-state index contributed by atoms with van der Waals surface area (Å²) < 4.78 is 33.3. The first-order chi connectivity index (χ1) is 13.2. The average molecular weight is 408 g/mol. The van der Waals surface area contributed by atoms with E-state index in [-0.39, 0.29) is 16.7 Å². The van der Waals surface area contributed by atoms with Gasteiger partial charge in [-0.15, -0.1) is 0 Å². The van der Waals surface area contributed by atoms with Crippen molar-refractivity contribution < 1.29 is 13.5 Å². The second-order valence-corrected chi connectivity index (χ2v) is 6.66. The van der Waals surface area contributed by atoms with E-state index in [0.717, 1.165) is 6.07 Å². The number of nitrogens with zero attached hydrogens (tertiary/aromatic N) is 2. The van der Waals surface area contributed by atoms with Crippen LogP contribution >= 0.6 is 11.6 Å². The Bertz CT molecular complexity index is 1140. The molecular formula is C19H16ClF2N3O3. The molecule has 1 aromatic carbocycles. The molecule has 6 nitrogen and oxygen atoms in total. The van der Waals surface area contributed by atoms with Gasteiger partial charge >= 0.3 is 5.69 Å². The van der Waals surface area contributed by atoms with E-state index in [2.05, 4.69) is 9.97 Å². The molecule has 0 spiro atoms. The van der Waals surface area contributed by atoms with Gasteiger partial charge < -0.3 is 4.74 Å². The Morgan fingerprint density at radius 3 is 2.57 bits per heavy atom. The van der Waals surface area contributed by atoms with Gasteiger partial charge in [-0.3, -0.25) is 14.3 Å². The highest BCUT2D eigenvalue weighted by Crippen LogP contribution is 2.34. The van der Waals surface area contributed by atoms with Crippen LogP contribution in [0.3, 0.4) is 0 Å². The maximum absolute atomic E-state index is 13.2. The van der Waals surface area contributed by atoms with E-state index in [9.17, 15) is 18.4 Å². The number of rotatable bonds is 4. The maximum Gasteiger partial charge on any atom is 0.328 e. The highest BCUT2D eigenvalue weighted by atomic mass is 35.5. The molecule has 1 N–H and O–H groups in total. The average Bonchev–Trinajstić information content (AvgIpc) is 2.63. The van der Waals surface area contributed by atoms with Gasteiger partial charge in [-0.25, -0.2) is 18.6 Å². The molecule has 0 saturated heterocycles. The lowest BCUT2D eigenvalue weighted by Gasteiger charge is -2.15. The van der Waals surface area contributed by atoms with Crippen molar-refractivity contribution in [3.63, 3.8) is 0 Å². The van der Waals surface area contributed by atoms with E-state index in [1.165, 1.54) is 10.8 Å². The van der Waals surface area contributed by atoms with Crippen LogP contribution in [0.1, 0.15) is 23.1 Å². The third-order valence-corrected chi connectivity index (χ3v) is 4.51. The molecule has 146 valence electrons. The first kappa shape index (κ1) is 19.8. The minimum Gasteiger partial charge on any atom is -0.439 e. The molecule has 0 saturated carbocycles. The van der Waals surface area contributed by atoms with Gasteiger partial charge in [-0.05, 0) is 43.7 Å². The Morgan fingerprint density at radius 1 is 1.21 bits per heavy atom. The molecule has 0 bridgehead atoms. The molecule has 2 aromatic heterocycles. The molecule has 2 heterocycles. The number of benzene rings is 1. The van der Waals surface area contributed by atoms with E-state index in [1.807, 2.05) is 0 Å². The summed E-state index contributed by atoms with van der Waals surface area (Å²) in [5.74, 6) is 0.0387. The van der Waals surface area contributed by atoms with Gasteiger partial charge in [0.05, 0.1) is 16.3 Å². The van der Waals surface area contributed by atoms with Gasteiger partial charge in [0.25, 0.3) is 12.0 Å². The third kappa shape index (κ3) is 3.68. The molecule has 28 heavy (non-hydrogen) atoms. The summed E-state index contributed by atoms with van der Waals surface area (Å²) in [4.78, 5) is 29.9. The lowest BCUT2D eigenvalue weighted by atomic mass is 10.0. The van der Waals surface area contributed by atoms with E-state index in [4.69, 9.17) is 16.3 Å². The summed E-state index contributed by atoms with van der Waals surface area (Å²) in [6.07, 6.45) is -1.57. The molecular weight excluding hydrogens is 392 g/mol. The van der Waals surface area contributed by atoms with Crippen molar-refractivity contribution in [1.29, 1.82) is 0 Å². The van der Waals surface area contributed by atoms with E-state index in [1.54, 1.807) is 39.1 Å². The molecule has 0 unspecified atom stereocenters. The number of pyridine rings is 1. The van der Waals surface area contributed by atoms with Crippen LogP contribution in [-0.2, 0) is 7.05 Å². The SMILES string of the molecule is Cc1cc(Oc2ncc(Cl)cc2C(F)F)ccc1-c1c(C)c(=O)[nH]c(=O)n1C. The van der Waals surface area contributed by atoms with Crippen molar-refractivity contribution in [2.24, 2.45) is 7.05 Å². The second-order valence-electron chi connectivity index (χ2n) is 6.22. The number of aryl methyl sites for hydroxylation is 1. The number of ether oxygens (including phenoxy) is 1. The van der Waals surface area contributed by atoms with Gasteiger partial charge in [0.15, 0.2) is 0 Å². The van der Waals surface area contributed by atoms with Gasteiger partial charge in [0.1, 0.15) is 5.75 Å². The summed E-state index contributed by atoms with van der Waals surface area (Å²) in [5, 5.41) is 0.0832. The Morgan fingerprint density at radius 2 is 1.93 bits per heavy atom. The zero-order chi connectivity index (χ0) is 20.6. The van der Waals surface area contributed by atoms with Crippen LogP contribution in [0.2, 0.25) is 5.02 Å². The highest BCUT2D eigenvalue weighted by Gasteiger charge is 2.18. The highest BCUT2D eigenvalue weighted by molar-refractivity contribution is 6.30. The van der Waals surface area contributed by atoms with Crippen molar-refractivity contribution in [2.75, 3.05) is 0 Å². The molecule has 0 amide bonds. The molecule has 0 radical (unpaired) electrons. The summed E-state index contributed by atoms with van der Waals surface area (Å²) >= 11 is 5.73. The van der Waals surface area contributed by atoms with Crippen LogP contribution in [0.25, 0.3) is 11.3 Å². The number of hydrogen-bond donors (Lipinski definition) is 1. The third-order valence-electron chi connectivity index (χ3n) is 4.30. The predicted molar refractivity (Wildman–Crippen MR) is 101 cm³/mol. The second kappa shape index (κ2) is 7.55. The Balaban J connectivity index is 2.04. The van der Waals surface area contributed by atoms with Gasteiger partial charge in [0.2, 0.25) is 5.88 Å². The summed E-state index contributed by atoms with van der Waals surface area (Å²) in [6, 6.07) is 5.93. The first-order valence-electron chi connectivity index (χ1n) is 8.21. The van der Waals surface area contributed by atoms with Gasteiger partial charge in [-0.1, -0.05) is 11.6 Å². The van der Waals surface area contributed by atoms with Gasteiger partial charge in [0, 0.05) is 24.4 Å². The Kier molecular flexibility index (Phi) is 5.33. The van der Waals surface area contributed by atoms with E-state index < -0.39 is 23.2 Å². The smallest absolute Gasteiger partial charge is 0.328 e. The lowest BCUT2D eigenvalue weighted by molar-refractivity contribution is 0.147. The van der Waals surface area contributed by atoms with Crippen molar-refractivity contribution >= 4 is 11.6 Å². The van der Waals surface area contributed by atoms with Crippen LogP contribution in [0, 0.1) is 13.8 Å². The van der Waals surface area contributed by atoms with Crippen LogP contribution in [0.15, 0.2) is 40.1 Å². The fourth-order valence-electron chi connectivity index (χ4n) is 2.88. The van der Waals surface area contributed by atoms with E-state index >= 15 is 0 Å². The number of aromatic amines is 1. The predicted octanol–water partition coefficient (Wildman–Crippen LogP) is 4.14. The fourth-order valence-corrected chi connectivity index (χ4v) is 3.05. The summed E-state index contributed by atoms with van der Waals surface area (Å²) in [7, 11) is 1.55. The summed E-state index contributed by atoms with van der Waals surface area (Å²) in [5.41, 5.74) is 0.778. The van der Waals surface area contributed by atoms with Crippen molar-refractivity contribution in [2.45, 2.75) is 20.3 Å². The first-order valence-corrected chi connectivity index (χ1v) is 8.59. The molecule has 0 aliphatic rings. The van der Waals surface area contributed by atoms with Crippen LogP contribution < -0.4 is 16.0 Å². The molecule has 3 aromatic rings. The molecule has 0 aliphatic heterocycles. The Labute approximate surface area is 163 Å².